The highest BCUT2D eigenvalue weighted by Crippen LogP contribution is 2.24. The first-order chi connectivity index (χ1) is 9.20. The number of nitrogens with zero attached hydrogens (tertiary/aromatic N) is 4. The third kappa shape index (κ3) is 3.58. The summed E-state index contributed by atoms with van der Waals surface area (Å²) < 4.78 is 5.71. The Morgan fingerprint density at radius 3 is 2.58 bits per heavy atom. The Balaban J connectivity index is 2.05. The van der Waals surface area contributed by atoms with E-state index in [1.165, 1.54) is 0 Å². The molecule has 0 saturated carbocycles. The quantitative estimate of drug-likeness (QED) is 0.756. The molecule has 0 aliphatic carbocycles. The molecule has 1 aromatic heterocycles. The van der Waals surface area contributed by atoms with E-state index < -0.39 is 0 Å². The molecule has 1 aliphatic heterocycles. The molecule has 102 valence electrons. The molecule has 5 nitrogen and oxygen atoms in total. The van der Waals surface area contributed by atoms with Crippen LogP contribution in [-0.4, -0.2) is 53.7 Å². The lowest BCUT2D eigenvalue weighted by Gasteiger charge is -2.34. The van der Waals surface area contributed by atoms with Crippen LogP contribution in [0.15, 0.2) is 12.4 Å². The van der Waals surface area contributed by atoms with Gasteiger partial charge in [-0.25, -0.2) is 9.97 Å². The fourth-order valence-electron chi connectivity index (χ4n) is 2.09. The van der Waals surface area contributed by atoms with Crippen LogP contribution >= 0.6 is 0 Å². The highest BCUT2D eigenvalue weighted by molar-refractivity contribution is 5.48. The molecule has 0 spiro atoms. The van der Waals surface area contributed by atoms with E-state index in [0.29, 0.717) is 12.4 Å². The number of ether oxygens (including phenoxy) is 1. The average Bonchev–Trinajstić information content (AvgIpc) is 2.40. The summed E-state index contributed by atoms with van der Waals surface area (Å²) in [5.74, 6) is 4.13. The summed E-state index contributed by atoms with van der Waals surface area (Å²) in [6, 6.07) is 0. The van der Waals surface area contributed by atoms with Crippen molar-refractivity contribution < 1.29 is 4.74 Å². The number of terminal acetylenes is 1. The zero-order valence-electron chi connectivity index (χ0n) is 11.5. The van der Waals surface area contributed by atoms with E-state index in [9.17, 15) is 0 Å². The highest BCUT2D eigenvalue weighted by Gasteiger charge is 2.21. The van der Waals surface area contributed by atoms with E-state index in [0.717, 1.165) is 32.0 Å². The summed E-state index contributed by atoms with van der Waals surface area (Å²) in [5, 5.41) is 0. The van der Waals surface area contributed by atoms with Crippen LogP contribution in [0.2, 0.25) is 0 Å². The summed E-state index contributed by atoms with van der Waals surface area (Å²) in [6.45, 7) is 8.38. The number of hydrogen-bond acceptors (Lipinski definition) is 5. The van der Waals surface area contributed by atoms with Crippen LogP contribution in [0.4, 0.5) is 5.82 Å². The largest absolute Gasteiger partial charge is 0.472 e. The minimum Gasteiger partial charge on any atom is -0.472 e. The Kier molecular flexibility index (Phi) is 4.58. The molecule has 1 saturated heterocycles. The minimum atomic E-state index is 0.0955. The smallest absolute Gasteiger partial charge is 0.257 e. The van der Waals surface area contributed by atoms with Crippen molar-refractivity contribution in [2.75, 3.05) is 37.6 Å². The van der Waals surface area contributed by atoms with Crippen molar-refractivity contribution in [3.05, 3.63) is 12.4 Å². The zero-order valence-corrected chi connectivity index (χ0v) is 11.5. The lowest BCUT2D eigenvalue weighted by Crippen LogP contribution is -2.46. The molecule has 0 N–H and O–H groups in total. The second-order valence-corrected chi connectivity index (χ2v) is 4.82. The van der Waals surface area contributed by atoms with Gasteiger partial charge in [0.2, 0.25) is 0 Å². The van der Waals surface area contributed by atoms with Crippen molar-refractivity contribution in [1.29, 1.82) is 0 Å². The Morgan fingerprint density at radius 1 is 1.26 bits per heavy atom. The lowest BCUT2D eigenvalue weighted by molar-refractivity contribution is 0.230. The first kappa shape index (κ1) is 13.6. The number of rotatable bonds is 4. The first-order valence-electron chi connectivity index (χ1n) is 6.59. The van der Waals surface area contributed by atoms with E-state index in [1.807, 2.05) is 13.8 Å². The molecule has 0 aromatic carbocycles. The molecule has 0 amide bonds. The lowest BCUT2D eigenvalue weighted by atomic mass is 10.3. The van der Waals surface area contributed by atoms with Gasteiger partial charge >= 0.3 is 0 Å². The van der Waals surface area contributed by atoms with Crippen molar-refractivity contribution >= 4 is 5.82 Å². The van der Waals surface area contributed by atoms with Crippen LogP contribution in [-0.2, 0) is 0 Å². The second kappa shape index (κ2) is 6.39. The number of hydrogen-bond donors (Lipinski definition) is 0. The van der Waals surface area contributed by atoms with Gasteiger partial charge < -0.3 is 9.64 Å². The standard InChI is InChI=1S/C14H20N4O/c1-4-7-17-8-10-18(11-9-17)13-14(19-12(2)3)16-6-5-15-13/h1,5-6,12H,7-11H2,2-3H3. The molecule has 0 radical (unpaired) electrons. The SMILES string of the molecule is C#CCN1CCN(c2nccnc2OC(C)C)CC1. The highest BCUT2D eigenvalue weighted by atomic mass is 16.5. The van der Waals surface area contributed by atoms with E-state index in [2.05, 4.69) is 25.7 Å². The van der Waals surface area contributed by atoms with Crippen LogP contribution in [0.3, 0.4) is 0 Å². The fourth-order valence-corrected chi connectivity index (χ4v) is 2.09. The van der Waals surface area contributed by atoms with Gasteiger partial charge in [-0.05, 0) is 13.8 Å². The van der Waals surface area contributed by atoms with E-state index >= 15 is 0 Å². The summed E-state index contributed by atoms with van der Waals surface area (Å²) in [5.41, 5.74) is 0. The maximum atomic E-state index is 5.71. The summed E-state index contributed by atoms with van der Waals surface area (Å²) in [6.07, 6.45) is 8.80. The molecular formula is C14H20N4O. The molecule has 1 fully saturated rings. The molecule has 1 aromatic rings. The van der Waals surface area contributed by atoms with Gasteiger partial charge in [-0.3, -0.25) is 4.90 Å². The number of anilines is 1. The average molecular weight is 260 g/mol. The van der Waals surface area contributed by atoms with E-state index in [1.54, 1.807) is 12.4 Å². The van der Waals surface area contributed by atoms with Crippen LogP contribution in [0, 0.1) is 12.3 Å². The van der Waals surface area contributed by atoms with Gasteiger partial charge in [0.25, 0.3) is 5.88 Å². The van der Waals surface area contributed by atoms with Gasteiger partial charge in [-0.1, -0.05) is 5.92 Å². The molecule has 19 heavy (non-hydrogen) atoms. The van der Waals surface area contributed by atoms with Crippen molar-refractivity contribution in [1.82, 2.24) is 14.9 Å². The van der Waals surface area contributed by atoms with Crippen molar-refractivity contribution in [3.8, 4) is 18.2 Å². The summed E-state index contributed by atoms with van der Waals surface area (Å²) >= 11 is 0. The zero-order chi connectivity index (χ0) is 13.7. The third-order valence-electron chi connectivity index (χ3n) is 2.98. The Morgan fingerprint density at radius 2 is 1.95 bits per heavy atom. The van der Waals surface area contributed by atoms with Gasteiger partial charge in [-0.2, -0.15) is 0 Å². The van der Waals surface area contributed by atoms with Crippen molar-refractivity contribution in [3.63, 3.8) is 0 Å². The first-order valence-corrected chi connectivity index (χ1v) is 6.59. The van der Waals surface area contributed by atoms with Crippen LogP contribution in [0.5, 0.6) is 5.88 Å². The Bertz CT molecular complexity index is 447. The summed E-state index contributed by atoms with van der Waals surface area (Å²) in [7, 11) is 0. The van der Waals surface area contributed by atoms with Gasteiger partial charge in [0, 0.05) is 38.6 Å². The van der Waals surface area contributed by atoms with Crippen LogP contribution in [0.1, 0.15) is 13.8 Å². The van der Waals surface area contributed by atoms with E-state index in [4.69, 9.17) is 11.2 Å². The van der Waals surface area contributed by atoms with Gasteiger partial charge in [0.05, 0.1) is 12.6 Å². The third-order valence-corrected chi connectivity index (χ3v) is 2.98. The second-order valence-electron chi connectivity index (χ2n) is 4.82. The molecular weight excluding hydrogens is 240 g/mol. The monoisotopic (exact) mass is 260 g/mol. The van der Waals surface area contributed by atoms with Crippen LogP contribution < -0.4 is 9.64 Å². The number of aromatic nitrogens is 2. The Labute approximate surface area is 114 Å². The molecule has 0 bridgehead atoms. The van der Waals surface area contributed by atoms with E-state index in [-0.39, 0.29) is 6.10 Å². The minimum absolute atomic E-state index is 0.0955. The Hall–Kier alpha value is -1.80. The topological polar surface area (TPSA) is 41.5 Å². The van der Waals surface area contributed by atoms with Gasteiger partial charge in [0.1, 0.15) is 0 Å². The molecule has 2 heterocycles. The normalized spacial score (nSPS) is 16.4. The predicted molar refractivity (Wildman–Crippen MR) is 75.3 cm³/mol. The van der Waals surface area contributed by atoms with Gasteiger partial charge in [-0.15, -0.1) is 6.42 Å². The maximum absolute atomic E-state index is 5.71. The number of piperazine rings is 1. The predicted octanol–water partition coefficient (Wildman–Crippen LogP) is 1.02. The van der Waals surface area contributed by atoms with Gasteiger partial charge in [0.15, 0.2) is 5.82 Å². The molecule has 2 rings (SSSR count). The molecule has 0 unspecified atom stereocenters. The van der Waals surface area contributed by atoms with Crippen molar-refractivity contribution in [2.45, 2.75) is 20.0 Å². The summed E-state index contributed by atoms with van der Waals surface area (Å²) in [4.78, 5) is 13.1. The molecule has 5 heteroatoms. The fraction of sp³-hybridized carbons (Fsp3) is 0.571. The maximum Gasteiger partial charge on any atom is 0.257 e. The van der Waals surface area contributed by atoms with Crippen LogP contribution in [0.25, 0.3) is 0 Å². The molecule has 1 aliphatic rings. The van der Waals surface area contributed by atoms with Crippen molar-refractivity contribution in [2.24, 2.45) is 0 Å². The molecule has 0 atom stereocenters.